The van der Waals surface area contributed by atoms with Crippen LogP contribution in [-0.4, -0.2) is 32.8 Å². The first-order chi connectivity index (χ1) is 14.5. The number of nitrogens with zero attached hydrogens (tertiary/aromatic N) is 2. The zero-order valence-electron chi connectivity index (χ0n) is 16.2. The lowest BCUT2D eigenvalue weighted by Gasteiger charge is -2.04. The van der Waals surface area contributed by atoms with Gasteiger partial charge in [-0.25, -0.2) is 8.42 Å². The zero-order valence-corrected chi connectivity index (χ0v) is 17.0. The van der Waals surface area contributed by atoms with Crippen LogP contribution in [0.15, 0.2) is 74.5 Å². The number of sulfone groups is 1. The maximum absolute atomic E-state index is 12.6. The van der Waals surface area contributed by atoms with Crippen LogP contribution < -0.4 is 9.47 Å². The second kappa shape index (κ2) is 8.03. The molecule has 0 aliphatic carbocycles. The Labute approximate surface area is 173 Å². The molecular formula is C21H18N2O6S. The molecule has 4 aromatic rings. The van der Waals surface area contributed by atoms with E-state index in [4.69, 9.17) is 18.4 Å². The first-order valence-corrected chi connectivity index (χ1v) is 10.6. The summed E-state index contributed by atoms with van der Waals surface area (Å²) in [5.74, 6) is 2.03. The number of benzene rings is 2. The number of aromatic nitrogens is 2. The molecule has 0 amide bonds. The molecule has 9 heteroatoms. The Kier molecular flexibility index (Phi) is 5.28. The molecule has 0 radical (unpaired) electrons. The van der Waals surface area contributed by atoms with Gasteiger partial charge in [-0.05, 0) is 48.5 Å². The number of hydrogen-bond donors (Lipinski definition) is 0. The summed E-state index contributed by atoms with van der Waals surface area (Å²) in [5.41, 5.74) is 0.721. The van der Waals surface area contributed by atoms with E-state index in [2.05, 4.69) is 10.1 Å². The lowest BCUT2D eigenvalue weighted by molar-refractivity contribution is 0.412. The molecule has 0 bridgehead atoms. The molecule has 0 spiro atoms. The van der Waals surface area contributed by atoms with Gasteiger partial charge in [0.05, 0.1) is 19.1 Å². The normalized spacial score (nSPS) is 11.4. The minimum Gasteiger partial charge on any atom is -0.497 e. The van der Waals surface area contributed by atoms with Crippen molar-refractivity contribution in [1.29, 1.82) is 0 Å². The summed E-state index contributed by atoms with van der Waals surface area (Å²) < 4.78 is 46.4. The highest BCUT2D eigenvalue weighted by Crippen LogP contribution is 2.27. The van der Waals surface area contributed by atoms with Gasteiger partial charge in [-0.15, -0.1) is 0 Å². The van der Waals surface area contributed by atoms with E-state index in [-0.39, 0.29) is 28.1 Å². The van der Waals surface area contributed by atoms with Crippen molar-refractivity contribution in [3.8, 4) is 34.5 Å². The van der Waals surface area contributed by atoms with E-state index < -0.39 is 9.84 Å². The van der Waals surface area contributed by atoms with Crippen LogP contribution in [0.5, 0.6) is 11.5 Å². The van der Waals surface area contributed by atoms with Gasteiger partial charge >= 0.3 is 0 Å². The van der Waals surface area contributed by atoms with Crippen molar-refractivity contribution in [1.82, 2.24) is 10.1 Å². The second-order valence-corrected chi connectivity index (χ2v) is 8.35. The SMILES string of the molecule is COc1ccc(S(=O)(=O)Cc2ccc(-c3nc(-c4cccc(OC)c4)no3)o2)cc1. The Hall–Kier alpha value is -3.59. The maximum Gasteiger partial charge on any atom is 0.293 e. The largest absolute Gasteiger partial charge is 0.497 e. The van der Waals surface area contributed by atoms with E-state index in [1.807, 2.05) is 18.2 Å². The van der Waals surface area contributed by atoms with Gasteiger partial charge in [-0.3, -0.25) is 0 Å². The molecule has 154 valence electrons. The Morgan fingerprint density at radius 3 is 2.43 bits per heavy atom. The molecule has 4 rings (SSSR count). The van der Waals surface area contributed by atoms with Crippen LogP contribution >= 0.6 is 0 Å². The quantitative estimate of drug-likeness (QED) is 0.437. The second-order valence-electron chi connectivity index (χ2n) is 6.36. The first kappa shape index (κ1) is 19.7. The average molecular weight is 426 g/mol. The summed E-state index contributed by atoms with van der Waals surface area (Å²) in [5, 5.41) is 3.95. The van der Waals surface area contributed by atoms with Crippen LogP contribution in [0.4, 0.5) is 0 Å². The molecule has 2 heterocycles. The fraction of sp³-hybridized carbons (Fsp3) is 0.143. The molecule has 0 fully saturated rings. The Bertz CT molecular complexity index is 1260. The average Bonchev–Trinajstić information content (AvgIpc) is 3.43. The third-order valence-corrected chi connectivity index (χ3v) is 6.03. The van der Waals surface area contributed by atoms with E-state index >= 15 is 0 Å². The van der Waals surface area contributed by atoms with Crippen LogP contribution in [0, 0.1) is 0 Å². The van der Waals surface area contributed by atoms with Gasteiger partial charge in [0.1, 0.15) is 23.0 Å². The van der Waals surface area contributed by atoms with E-state index in [0.717, 1.165) is 5.56 Å². The van der Waals surface area contributed by atoms with Gasteiger partial charge in [-0.1, -0.05) is 17.3 Å². The van der Waals surface area contributed by atoms with Gasteiger partial charge in [-0.2, -0.15) is 4.98 Å². The third-order valence-electron chi connectivity index (χ3n) is 4.38. The zero-order chi connectivity index (χ0) is 21.1. The molecule has 2 aromatic carbocycles. The van der Waals surface area contributed by atoms with Crippen molar-refractivity contribution >= 4 is 9.84 Å². The van der Waals surface area contributed by atoms with E-state index in [9.17, 15) is 8.42 Å². The summed E-state index contributed by atoms with van der Waals surface area (Å²) in [6, 6.07) is 16.6. The molecule has 8 nitrogen and oxygen atoms in total. The van der Waals surface area contributed by atoms with Crippen LogP contribution in [0.2, 0.25) is 0 Å². The van der Waals surface area contributed by atoms with Crippen molar-refractivity contribution in [2.45, 2.75) is 10.6 Å². The van der Waals surface area contributed by atoms with Crippen molar-refractivity contribution in [2.75, 3.05) is 14.2 Å². The minimum atomic E-state index is -3.58. The van der Waals surface area contributed by atoms with Gasteiger partial charge in [0.15, 0.2) is 15.6 Å². The summed E-state index contributed by atoms with van der Waals surface area (Å²) in [4.78, 5) is 4.50. The lowest BCUT2D eigenvalue weighted by Crippen LogP contribution is -2.04. The van der Waals surface area contributed by atoms with Gasteiger partial charge in [0.2, 0.25) is 5.82 Å². The van der Waals surface area contributed by atoms with Gasteiger partial charge in [0, 0.05) is 5.56 Å². The maximum atomic E-state index is 12.6. The Morgan fingerprint density at radius 1 is 0.933 bits per heavy atom. The fourth-order valence-electron chi connectivity index (χ4n) is 2.83. The molecule has 30 heavy (non-hydrogen) atoms. The standard InChI is InChI=1S/C21H18N2O6S/c1-26-15-6-9-18(10-7-15)30(24,25)13-17-8-11-19(28-17)21-22-20(23-29-21)14-4-3-5-16(12-14)27-2/h3-12H,13H2,1-2H3. The highest BCUT2D eigenvalue weighted by atomic mass is 32.2. The van der Waals surface area contributed by atoms with Crippen molar-refractivity contribution < 1.29 is 26.8 Å². The smallest absolute Gasteiger partial charge is 0.293 e. The molecule has 0 N–H and O–H groups in total. The highest BCUT2D eigenvalue weighted by molar-refractivity contribution is 7.90. The third kappa shape index (κ3) is 4.06. The van der Waals surface area contributed by atoms with Crippen molar-refractivity contribution in [3.05, 3.63) is 66.4 Å². The van der Waals surface area contributed by atoms with E-state index in [0.29, 0.717) is 17.3 Å². The van der Waals surface area contributed by atoms with Crippen molar-refractivity contribution in [2.24, 2.45) is 0 Å². The molecule has 0 atom stereocenters. The topological polar surface area (TPSA) is 105 Å². The number of furan rings is 1. The van der Waals surface area contributed by atoms with Crippen LogP contribution in [0.25, 0.3) is 23.0 Å². The van der Waals surface area contributed by atoms with E-state index in [1.54, 1.807) is 37.4 Å². The molecule has 0 aliphatic heterocycles. The molecule has 0 unspecified atom stereocenters. The number of ether oxygens (including phenoxy) is 2. The number of rotatable bonds is 7. The fourth-order valence-corrected chi connectivity index (χ4v) is 4.07. The summed E-state index contributed by atoms with van der Waals surface area (Å²) in [7, 11) is -0.489. The van der Waals surface area contributed by atoms with Crippen LogP contribution in [0.3, 0.4) is 0 Å². The molecular weight excluding hydrogens is 408 g/mol. The van der Waals surface area contributed by atoms with Crippen molar-refractivity contribution in [3.63, 3.8) is 0 Å². The highest BCUT2D eigenvalue weighted by Gasteiger charge is 2.20. The van der Waals surface area contributed by atoms with Crippen LogP contribution in [0.1, 0.15) is 5.76 Å². The minimum absolute atomic E-state index is 0.154. The molecule has 0 saturated carbocycles. The molecule has 2 aromatic heterocycles. The predicted molar refractivity (Wildman–Crippen MR) is 108 cm³/mol. The van der Waals surface area contributed by atoms with Crippen LogP contribution in [-0.2, 0) is 15.6 Å². The van der Waals surface area contributed by atoms with Gasteiger partial charge in [0.25, 0.3) is 5.89 Å². The summed E-state index contributed by atoms with van der Waals surface area (Å²) >= 11 is 0. The number of methoxy groups -OCH3 is 2. The van der Waals surface area contributed by atoms with E-state index in [1.165, 1.54) is 19.2 Å². The number of hydrogen-bond acceptors (Lipinski definition) is 8. The predicted octanol–water partition coefficient (Wildman–Crippen LogP) is 3.99. The first-order valence-electron chi connectivity index (χ1n) is 8.92. The Morgan fingerprint density at radius 2 is 1.70 bits per heavy atom. The summed E-state index contributed by atoms with van der Waals surface area (Å²) in [6.07, 6.45) is 0. The summed E-state index contributed by atoms with van der Waals surface area (Å²) in [6.45, 7) is 0. The Balaban J connectivity index is 1.53. The van der Waals surface area contributed by atoms with Gasteiger partial charge < -0.3 is 18.4 Å². The lowest BCUT2D eigenvalue weighted by atomic mass is 10.2. The molecule has 0 aliphatic rings. The molecule has 0 saturated heterocycles. The monoisotopic (exact) mass is 426 g/mol.